The first kappa shape index (κ1) is 20.2. The minimum Gasteiger partial charge on any atom is -0.489 e. The van der Waals surface area contributed by atoms with Crippen LogP contribution in [0.5, 0.6) is 11.5 Å². The van der Waals surface area contributed by atoms with E-state index in [2.05, 4.69) is 4.72 Å². The Morgan fingerprint density at radius 3 is 2.03 bits per heavy atom. The van der Waals surface area contributed by atoms with Gasteiger partial charge in [0.25, 0.3) is 15.9 Å². The number of amides is 1. The molecule has 0 aliphatic heterocycles. The number of carbonyl (C=O) groups excluding carboxylic acids is 1. The van der Waals surface area contributed by atoms with E-state index in [9.17, 15) is 13.2 Å². The number of hydrogen-bond acceptors (Lipinski definition) is 5. The zero-order valence-corrected chi connectivity index (χ0v) is 16.3. The zero-order chi connectivity index (χ0) is 20.7. The highest BCUT2D eigenvalue weighted by molar-refractivity contribution is 7.92. The number of carbonyl (C=O) groups is 1. The van der Waals surface area contributed by atoms with Crippen LogP contribution in [0.2, 0.25) is 0 Å². The molecule has 3 rings (SSSR count). The summed E-state index contributed by atoms with van der Waals surface area (Å²) in [5, 5.41) is 0. The average molecular weight is 412 g/mol. The van der Waals surface area contributed by atoms with Crippen LogP contribution in [0.4, 0.5) is 5.69 Å². The van der Waals surface area contributed by atoms with Gasteiger partial charge in [0.15, 0.2) is 6.61 Å². The van der Waals surface area contributed by atoms with Gasteiger partial charge in [0.2, 0.25) is 0 Å². The maximum Gasteiger partial charge on any atom is 0.261 e. The second-order valence-electron chi connectivity index (χ2n) is 6.13. The lowest BCUT2D eigenvalue weighted by Crippen LogP contribution is -2.20. The standard InChI is InChI=1S/C21H20N2O5S/c22-21(24)15-28-19-10-12-20(13-11-19)29(25,26)23-17-6-8-18(9-7-17)27-14-16-4-2-1-3-5-16/h1-13,23H,14-15H2,(H2,22,24). The zero-order valence-electron chi connectivity index (χ0n) is 15.4. The molecule has 3 aromatic carbocycles. The third-order valence-electron chi connectivity index (χ3n) is 3.87. The van der Waals surface area contributed by atoms with E-state index < -0.39 is 15.9 Å². The highest BCUT2D eigenvalue weighted by Crippen LogP contribution is 2.22. The summed E-state index contributed by atoms with van der Waals surface area (Å²) in [4.78, 5) is 10.8. The van der Waals surface area contributed by atoms with Crippen LogP contribution in [0.25, 0.3) is 0 Å². The van der Waals surface area contributed by atoms with Crippen molar-refractivity contribution in [1.29, 1.82) is 0 Å². The number of anilines is 1. The summed E-state index contributed by atoms with van der Waals surface area (Å²) in [6, 6.07) is 22.1. The van der Waals surface area contributed by atoms with E-state index >= 15 is 0 Å². The molecule has 0 heterocycles. The van der Waals surface area contributed by atoms with E-state index in [1.807, 2.05) is 30.3 Å². The summed E-state index contributed by atoms with van der Waals surface area (Å²) >= 11 is 0. The van der Waals surface area contributed by atoms with Crippen LogP contribution < -0.4 is 19.9 Å². The molecule has 8 heteroatoms. The van der Waals surface area contributed by atoms with Gasteiger partial charge in [0.05, 0.1) is 4.90 Å². The second kappa shape index (κ2) is 9.11. The minimum absolute atomic E-state index is 0.0633. The van der Waals surface area contributed by atoms with Gasteiger partial charge in [0.1, 0.15) is 18.1 Å². The molecule has 29 heavy (non-hydrogen) atoms. The van der Waals surface area contributed by atoms with Crippen molar-refractivity contribution in [1.82, 2.24) is 0 Å². The average Bonchev–Trinajstić information content (AvgIpc) is 2.72. The van der Waals surface area contributed by atoms with E-state index in [1.54, 1.807) is 24.3 Å². The van der Waals surface area contributed by atoms with Crippen molar-refractivity contribution in [2.24, 2.45) is 5.73 Å². The van der Waals surface area contributed by atoms with Gasteiger partial charge in [-0.3, -0.25) is 9.52 Å². The van der Waals surface area contributed by atoms with Crippen molar-refractivity contribution in [2.45, 2.75) is 11.5 Å². The summed E-state index contributed by atoms with van der Waals surface area (Å²) in [5.41, 5.74) is 6.46. The lowest BCUT2D eigenvalue weighted by Gasteiger charge is -2.10. The fourth-order valence-corrected chi connectivity index (χ4v) is 3.50. The Balaban J connectivity index is 1.60. The quantitative estimate of drug-likeness (QED) is 0.562. The van der Waals surface area contributed by atoms with Gasteiger partial charge in [-0.15, -0.1) is 0 Å². The molecule has 0 unspecified atom stereocenters. The van der Waals surface area contributed by atoms with Crippen LogP contribution in [-0.4, -0.2) is 20.9 Å². The van der Waals surface area contributed by atoms with Crippen molar-refractivity contribution in [3.63, 3.8) is 0 Å². The van der Waals surface area contributed by atoms with Gasteiger partial charge >= 0.3 is 0 Å². The van der Waals surface area contributed by atoms with E-state index in [0.29, 0.717) is 23.8 Å². The molecule has 0 spiro atoms. The molecule has 3 N–H and O–H groups in total. The van der Waals surface area contributed by atoms with E-state index in [4.69, 9.17) is 15.2 Å². The fourth-order valence-electron chi connectivity index (χ4n) is 2.44. The third-order valence-corrected chi connectivity index (χ3v) is 5.27. The molecule has 1 amide bonds. The predicted octanol–water partition coefficient (Wildman–Crippen LogP) is 2.93. The Hall–Kier alpha value is -3.52. The minimum atomic E-state index is -3.77. The summed E-state index contributed by atoms with van der Waals surface area (Å²) < 4.78 is 38.4. The van der Waals surface area contributed by atoms with Crippen LogP contribution in [0.3, 0.4) is 0 Å². The van der Waals surface area contributed by atoms with Crippen molar-refractivity contribution in [2.75, 3.05) is 11.3 Å². The van der Waals surface area contributed by atoms with Crippen molar-refractivity contribution < 1.29 is 22.7 Å². The molecule has 0 radical (unpaired) electrons. The number of hydrogen-bond donors (Lipinski definition) is 2. The van der Waals surface area contributed by atoms with Crippen LogP contribution >= 0.6 is 0 Å². The maximum absolute atomic E-state index is 12.5. The largest absolute Gasteiger partial charge is 0.489 e. The first-order valence-electron chi connectivity index (χ1n) is 8.73. The van der Waals surface area contributed by atoms with E-state index in [-0.39, 0.29) is 11.5 Å². The number of nitrogens with one attached hydrogen (secondary N) is 1. The molecule has 7 nitrogen and oxygen atoms in total. The topological polar surface area (TPSA) is 108 Å². The van der Waals surface area contributed by atoms with Crippen LogP contribution in [-0.2, 0) is 21.4 Å². The molecule has 0 saturated heterocycles. The van der Waals surface area contributed by atoms with Gasteiger partial charge in [-0.25, -0.2) is 8.42 Å². The monoisotopic (exact) mass is 412 g/mol. The van der Waals surface area contributed by atoms with Gasteiger partial charge in [0, 0.05) is 5.69 Å². The third kappa shape index (κ3) is 5.98. The van der Waals surface area contributed by atoms with Gasteiger partial charge < -0.3 is 15.2 Å². The van der Waals surface area contributed by atoms with Gasteiger partial charge in [-0.2, -0.15) is 0 Å². The van der Waals surface area contributed by atoms with Crippen molar-refractivity contribution >= 4 is 21.6 Å². The number of sulfonamides is 1. The van der Waals surface area contributed by atoms with Crippen molar-refractivity contribution in [3.05, 3.63) is 84.4 Å². The normalized spacial score (nSPS) is 10.9. The summed E-state index contributed by atoms with van der Waals surface area (Å²) in [6.07, 6.45) is 0. The van der Waals surface area contributed by atoms with Crippen LogP contribution in [0.1, 0.15) is 5.56 Å². The van der Waals surface area contributed by atoms with E-state index in [1.165, 1.54) is 24.3 Å². The molecule has 0 atom stereocenters. The Labute approximate surface area is 169 Å². The molecule has 0 fully saturated rings. The van der Waals surface area contributed by atoms with Gasteiger partial charge in [-0.1, -0.05) is 30.3 Å². The number of primary amides is 1. The smallest absolute Gasteiger partial charge is 0.261 e. The molecule has 0 aliphatic rings. The number of benzene rings is 3. The Morgan fingerprint density at radius 1 is 0.828 bits per heavy atom. The lowest BCUT2D eigenvalue weighted by molar-refractivity contribution is -0.119. The molecule has 3 aromatic rings. The number of ether oxygens (including phenoxy) is 2. The first-order valence-corrected chi connectivity index (χ1v) is 10.2. The highest BCUT2D eigenvalue weighted by atomic mass is 32.2. The second-order valence-corrected chi connectivity index (χ2v) is 7.81. The SMILES string of the molecule is NC(=O)COc1ccc(S(=O)(=O)Nc2ccc(OCc3ccccc3)cc2)cc1. The molecule has 0 bridgehead atoms. The number of nitrogens with two attached hydrogens (primary N) is 1. The summed E-state index contributed by atoms with van der Waals surface area (Å²) in [7, 11) is -3.77. The Kier molecular flexibility index (Phi) is 6.36. The Morgan fingerprint density at radius 2 is 1.41 bits per heavy atom. The maximum atomic E-state index is 12.5. The van der Waals surface area contributed by atoms with Crippen LogP contribution in [0.15, 0.2) is 83.8 Å². The van der Waals surface area contributed by atoms with Gasteiger partial charge in [-0.05, 0) is 54.1 Å². The summed E-state index contributed by atoms with van der Waals surface area (Å²) in [6.45, 7) is 0.152. The molecule has 0 aromatic heterocycles. The van der Waals surface area contributed by atoms with E-state index in [0.717, 1.165) is 5.56 Å². The number of rotatable bonds is 9. The molecule has 150 valence electrons. The first-order chi connectivity index (χ1) is 13.9. The Bertz CT molecular complexity index is 1050. The predicted molar refractivity (Wildman–Crippen MR) is 109 cm³/mol. The summed E-state index contributed by atoms with van der Waals surface area (Å²) in [5.74, 6) is 0.370. The molecular weight excluding hydrogens is 392 g/mol. The molecule has 0 aliphatic carbocycles. The fraction of sp³-hybridized carbons (Fsp3) is 0.0952. The molecule has 0 saturated carbocycles. The van der Waals surface area contributed by atoms with Crippen LogP contribution in [0, 0.1) is 0 Å². The lowest BCUT2D eigenvalue weighted by atomic mass is 10.2. The highest BCUT2D eigenvalue weighted by Gasteiger charge is 2.14. The van der Waals surface area contributed by atoms with Crippen molar-refractivity contribution in [3.8, 4) is 11.5 Å². The molecular formula is C21H20N2O5S.